The van der Waals surface area contributed by atoms with Gasteiger partial charge in [-0.2, -0.15) is 0 Å². The van der Waals surface area contributed by atoms with Gasteiger partial charge in [0.15, 0.2) is 0 Å². The molecule has 0 radical (unpaired) electrons. The highest BCUT2D eigenvalue weighted by molar-refractivity contribution is 5.29. The van der Waals surface area contributed by atoms with Crippen LogP contribution in [0, 0.1) is 0 Å². The van der Waals surface area contributed by atoms with Gasteiger partial charge in [0, 0.05) is 6.04 Å². The topological polar surface area (TPSA) is 35.2 Å². The molecule has 1 aliphatic carbocycles. The van der Waals surface area contributed by atoms with Crippen LogP contribution >= 0.6 is 0 Å². The van der Waals surface area contributed by atoms with Crippen molar-refractivity contribution in [2.24, 2.45) is 5.73 Å². The van der Waals surface area contributed by atoms with Gasteiger partial charge in [-0.1, -0.05) is 25.0 Å². The Labute approximate surface area is 104 Å². The highest BCUT2D eigenvalue weighted by Crippen LogP contribution is 2.31. The van der Waals surface area contributed by atoms with E-state index in [0.717, 1.165) is 12.2 Å². The number of rotatable bonds is 2. The molecule has 2 unspecified atom stereocenters. The third kappa shape index (κ3) is 3.47. The molecule has 0 aliphatic heterocycles. The first kappa shape index (κ1) is 12.4. The van der Waals surface area contributed by atoms with E-state index in [4.69, 9.17) is 10.5 Å². The van der Waals surface area contributed by atoms with Crippen LogP contribution in [0.4, 0.5) is 0 Å². The lowest BCUT2D eigenvalue weighted by molar-refractivity contribution is 0.410. The Morgan fingerprint density at radius 2 is 1.71 bits per heavy atom. The van der Waals surface area contributed by atoms with Crippen molar-refractivity contribution in [2.45, 2.75) is 50.5 Å². The van der Waals surface area contributed by atoms with E-state index in [0.29, 0.717) is 12.0 Å². The minimum atomic E-state index is 0.413. The van der Waals surface area contributed by atoms with E-state index in [9.17, 15) is 0 Å². The van der Waals surface area contributed by atoms with Crippen LogP contribution in [0.25, 0.3) is 0 Å². The molecule has 94 valence electrons. The normalized spacial score (nSPS) is 26.0. The maximum Gasteiger partial charge on any atom is 0.118 e. The van der Waals surface area contributed by atoms with E-state index in [1.807, 2.05) is 0 Å². The van der Waals surface area contributed by atoms with Crippen molar-refractivity contribution in [3.63, 3.8) is 0 Å². The number of ether oxygens (including phenoxy) is 1. The Hall–Kier alpha value is -1.02. The Balaban J connectivity index is 2.03. The summed E-state index contributed by atoms with van der Waals surface area (Å²) in [5, 5.41) is 0. The maximum absolute atomic E-state index is 6.07. The molecule has 2 heteroatoms. The van der Waals surface area contributed by atoms with Crippen molar-refractivity contribution in [3.05, 3.63) is 29.8 Å². The molecule has 2 N–H and O–H groups in total. The summed E-state index contributed by atoms with van der Waals surface area (Å²) in [5.41, 5.74) is 7.51. The highest BCUT2D eigenvalue weighted by Gasteiger charge is 2.16. The SMILES string of the molecule is COc1ccc(C2CCCCC(N)CC2)cc1. The van der Waals surface area contributed by atoms with Crippen molar-refractivity contribution in [1.82, 2.24) is 0 Å². The zero-order chi connectivity index (χ0) is 12.1. The van der Waals surface area contributed by atoms with Gasteiger partial charge >= 0.3 is 0 Å². The average molecular weight is 233 g/mol. The molecule has 0 bridgehead atoms. The predicted octanol–water partition coefficient (Wildman–Crippen LogP) is 3.46. The maximum atomic E-state index is 6.07. The Kier molecular flexibility index (Phi) is 4.43. The summed E-state index contributed by atoms with van der Waals surface area (Å²) in [4.78, 5) is 0. The number of nitrogens with two attached hydrogens (primary N) is 1. The molecule has 0 amide bonds. The molecule has 1 aromatic carbocycles. The number of hydrogen-bond donors (Lipinski definition) is 1. The van der Waals surface area contributed by atoms with Crippen molar-refractivity contribution >= 4 is 0 Å². The summed E-state index contributed by atoms with van der Waals surface area (Å²) in [6.07, 6.45) is 7.50. The second-order valence-corrected chi connectivity index (χ2v) is 5.09. The first-order valence-electron chi connectivity index (χ1n) is 6.69. The number of hydrogen-bond acceptors (Lipinski definition) is 2. The van der Waals surface area contributed by atoms with Crippen molar-refractivity contribution in [2.75, 3.05) is 7.11 Å². The zero-order valence-electron chi connectivity index (χ0n) is 10.7. The van der Waals surface area contributed by atoms with E-state index in [1.54, 1.807) is 7.11 Å². The largest absolute Gasteiger partial charge is 0.497 e. The molecule has 17 heavy (non-hydrogen) atoms. The predicted molar refractivity (Wildman–Crippen MR) is 71.4 cm³/mol. The zero-order valence-corrected chi connectivity index (χ0v) is 10.7. The van der Waals surface area contributed by atoms with E-state index < -0.39 is 0 Å². The van der Waals surface area contributed by atoms with Gasteiger partial charge in [-0.05, 0) is 49.3 Å². The van der Waals surface area contributed by atoms with E-state index in [1.165, 1.54) is 37.7 Å². The van der Waals surface area contributed by atoms with Crippen LogP contribution in [0.15, 0.2) is 24.3 Å². The van der Waals surface area contributed by atoms with E-state index in [-0.39, 0.29) is 0 Å². The summed E-state index contributed by atoms with van der Waals surface area (Å²) in [6, 6.07) is 8.95. The lowest BCUT2D eigenvalue weighted by Crippen LogP contribution is -2.22. The molecule has 2 rings (SSSR count). The molecule has 1 saturated carbocycles. The summed E-state index contributed by atoms with van der Waals surface area (Å²) >= 11 is 0. The summed E-state index contributed by atoms with van der Waals surface area (Å²) in [6.45, 7) is 0. The monoisotopic (exact) mass is 233 g/mol. The van der Waals surface area contributed by atoms with Crippen LogP contribution < -0.4 is 10.5 Å². The molecule has 0 heterocycles. The van der Waals surface area contributed by atoms with Crippen molar-refractivity contribution < 1.29 is 4.74 Å². The molecule has 0 saturated heterocycles. The third-order valence-corrected chi connectivity index (χ3v) is 3.85. The first-order valence-corrected chi connectivity index (χ1v) is 6.69. The summed E-state index contributed by atoms with van der Waals surface area (Å²) < 4.78 is 5.20. The number of benzene rings is 1. The number of methoxy groups -OCH3 is 1. The average Bonchev–Trinajstić information content (AvgIpc) is 2.35. The summed E-state index contributed by atoms with van der Waals surface area (Å²) in [7, 11) is 1.71. The fourth-order valence-corrected chi connectivity index (χ4v) is 2.71. The fraction of sp³-hybridized carbons (Fsp3) is 0.600. The van der Waals surface area contributed by atoms with Gasteiger partial charge in [-0.25, -0.2) is 0 Å². The van der Waals surface area contributed by atoms with Gasteiger partial charge in [0.25, 0.3) is 0 Å². The highest BCUT2D eigenvalue weighted by atomic mass is 16.5. The van der Waals surface area contributed by atoms with Gasteiger partial charge in [-0.15, -0.1) is 0 Å². The van der Waals surface area contributed by atoms with Crippen LogP contribution in [-0.4, -0.2) is 13.2 Å². The molecular formula is C15H23NO. The second kappa shape index (κ2) is 6.06. The molecular weight excluding hydrogens is 210 g/mol. The lowest BCUT2D eigenvalue weighted by Gasteiger charge is -2.23. The minimum absolute atomic E-state index is 0.413. The molecule has 2 atom stereocenters. The second-order valence-electron chi connectivity index (χ2n) is 5.09. The van der Waals surface area contributed by atoms with Crippen LogP contribution in [0.1, 0.15) is 50.0 Å². The van der Waals surface area contributed by atoms with Gasteiger partial charge in [0.2, 0.25) is 0 Å². The standard InChI is InChI=1S/C15H23NO/c1-17-15-10-7-13(8-11-15)12-4-2-3-5-14(16)9-6-12/h7-8,10-12,14H,2-6,9,16H2,1H3. The van der Waals surface area contributed by atoms with Gasteiger partial charge in [0.1, 0.15) is 5.75 Å². The van der Waals surface area contributed by atoms with Gasteiger partial charge in [0.05, 0.1) is 7.11 Å². The quantitative estimate of drug-likeness (QED) is 0.849. The van der Waals surface area contributed by atoms with Crippen LogP contribution in [0.3, 0.4) is 0 Å². The fourth-order valence-electron chi connectivity index (χ4n) is 2.71. The smallest absolute Gasteiger partial charge is 0.118 e. The van der Waals surface area contributed by atoms with Gasteiger partial charge < -0.3 is 10.5 Å². The molecule has 1 fully saturated rings. The van der Waals surface area contributed by atoms with Crippen LogP contribution in [0.5, 0.6) is 5.75 Å². The Morgan fingerprint density at radius 1 is 1.00 bits per heavy atom. The van der Waals surface area contributed by atoms with Crippen LogP contribution in [-0.2, 0) is 0 Å². The van der Waals surface area contributed by atoms with Gasteiger partial charge in [-0.3, -0.25) is 0 Å². The first-order chi connectivity index (χ1) is 8.29. The molecule has 1 aromatic rings. The Morgan fingerprint density at radius 3 is 2.41 bits per heavy atom. The Bertz CT molecular complexity index is 333. The minimum Gasteiger partial charge on any atom is -0.497 e. The van der Waals surface area contributed by atoms with Crippen molar-refractivity contribution in [1.29, 1.82) is 0 Å². The molecule has 2 nitrogen and oxygen atoms in total. The van der Waals surface area contributed by atoms with Crippen LogP contribution in [0.2, 0.25) is 0 Å². The summed E-state index contributed by atoms with van der Waals surface area (Å²) in [5.74, 6) is 1.63. The molecule has 0 spiro atoms. The van der Waals surface area contributed by atoms with E-state index >= 15 is 0 Å². The molecule has 0 aromatic heterocycles. The lowest BCUT2D eigenvalue weighted by atomic mass is 9.84. The van der Waals surface area contributed by atoms with Crippen molar-refractivity contribution in [3.8, 4) is 5.75 Å². The third-order valence-electron chi connectivity index (χ3n) is 3.85. The molecule has 1 aliphatic rings. The van der Waals surface area contributed by atoms with E-state index in [2.05, 4.69) is 24.3 Å².